The first kappa shape index (κ1) is 11.0. The molecular weight excluding hydrogens is 176 g/mol. The lowest BCUT2D eigenvalue weighted by molar-refractivity contribution is 0.242. The molecular formula is C11H18N2O. The van der Waals surface area contributed by atoms with Crippen LogP contribution < -0.4 is 16.2 Å². The molecule has 1 atom stereocenters. The summed E-state index contributed by atoms with van der Waals surface area (Å²) in [6.45, 7) is 4.44. The van der Waals surface area contributed by atoms with Gasteiger partial charge in [0.2, 0.25) is 0 Å². The Morgan fingerprint density at radius 1 is 1.36 bits per heavy atom. The highest BCUT2D eigenvalue weighted by Gasteiger charge is 2.05. The molecule has 14 heavy (non-hydrogen) atoms. The number of nitrogens with two attached hydrogens (primary N) is 2. The SMILES string of the molecule is CC(C)Oc1cccc([C@H](N)CN)c1. The fourth-order valence-electron chi connectivity index (χ4n) is 1.23. The Morgan fingerprint density at radius 2 is 2.07 bits per heavy atom. The van der Waals surface area contributed by atoms with E-state index in [4.69, 9.17) is 16.2 Å². The summed E-state index contributed by atoms with van der Waals surface area (Å²) in [5, 5.41) is 0. The lowest BCUT2D eigenvalue weighted by atomic mass is 10.1. The van der Waals surface area contributed by atoms with Crippen LogP contribution in [0.2, 0.25) is 0 Å². The van der Waals surface area contributed by atoms with Crippen LogP contribution in [0, 0.1) is 0 Å². The van der Waals surface area contributed by atoms with Crippen LogP contribution in [0.3, 0.4) is 0 Å². The monoisotopic (exact) mass is 194 g/mol. The van der Waals surface area contributed by atoms with Crippen molar-refractivity contribution in [3.63, 3.8) is 0 Å². The average molecular weight is 194 g/mol. The summed E-state index contributed by atoms with van der Waals surface area (Å²) in [6, 6.07) is 7.66. The maximum atomic E-state index is 5.81. The van der Waals surface area contributed by atoms with E-state index in [0.29, 0.717) is 6.54 Å². The Kier molecular flexibility index (Phi) is 3.92. The van der Waals surface area contributed by atoms with Crippen LogP contribution in [-0.2, 0) is 0 Å². The second-order valence-electron chi connectivity index (χ2n) is 3.58. The Bertz CT molecular complexity index is 286. The molecule has 1 aromatic rings. The van der Waals surface area contributed by atoms with Gasteiger partial charge in [-0.2, -0.15) is 0 Å². The third kappa shape index (κ3) is 3.01. The van der Waals surface area contributed by atoms with Gasteiger partial charge >= 0.3 is 0 Å². The summed E-state index contributed by atoms with van der Waals surface area (Å²) in [5.74, 6) is 0.849. The first-order valence-electron chi connectivity index (χ1n) is 4.85. The molecule has 1 aromatic carbocycles. The minimum Gasteiger partial charge on any atom is -0.491 e. The van der Waals surface area contributed by atoms with Crippen LogP contribution in [0.25, 0.3) is 0 Å². The first-order valence-corrected chi connectivity index (χ1v) is 4.85. The largest absolute Gasteiger partial charge is 0.491 e. The molecule has 3 heteroatoms. The van der Waals surface area contributed by atoms with E-state index in [1.807, 2.05) is 38.1 Å². The number of ether oxygens (including phenoxy) is 1. The molecule has 0 heterocycles. The Balaban J connectivity index is 2.78. The molecule has 0 aliphatic heterocycles. The summed E-state index contributed by atoms with van der Waals surface area (Å²) < 4.78 is 5.55. The number of rotatable bonds is 4. The number of benzene rings is 1. The lowest BCUT2D eigenvalue weighted by Crippen LogP contribution is -2.20. The summed E-state index contributed by atoms with van der Waals surface area (Å²) in [5.41, 5.74) is 12.3. The molecule has 0 amide bonds. The highest BCUT2D eigenvalue weighted by atomic mass is 16.5. The molecule has 0 saturated heterocycles. The minimum absolute atomic E-state index is 0.106. The molecule has 0 fully saturated rings. The third-order valence-corrected chi connectivity index (χ3v) is 1.91. The zero-order chi connectivity index (χ0) is 10.6. The predicted octanol–water partition coefficient (Wildman–Crippen LogP) is 1.43. The first-order chi connectivity index (χ1) is 6.63. The summed E-state index contributed by atoms with van der Waals surface area (Å²) in [4.78, 5) is 0. The zero-order valence-electron chi connectivity index (χ0n) is 8.73. The fourth-order valence-corrected chi connectivity index (χ4v) is 1.23. The molecule has 0 spiro atoms. The van der Waals surface area contributed by atoms with Crippen molar-refractivity contribution in [3.05, 3.63) is 29.8 Å². The Morgan fingerprint density at radius 3 is 2.64 bits per heavy atom. The number of hydrogen-bond donors (Lipinski definition) is 2. The van der Waals surface area contributed by atoms with Gasteiger partial charge < -0.3 is 16.2 Å². The lowest BCUT2D eigenvalue weighted by Gasteiger charge is -2.13. The quantitative estimate of drug-likeness (QED) is 0.762. The van der Waals surface area contributed by atoms with E-state index in [9.17, 15) is 0 Å². The molecule has 0 aliphatic carbocycles. The summed E-state index contributed by atoms with van der Waals surface area (Å²) in [7, 11) is 0. The standard InChI is InChI=1S/C11H18N2O/c1-8(2)14-10-5-3-4-9(6-10)11(13)7-12/h3-6,8,11H,7,12-13H2,1-2H3/t11-/m1/s1. The van der Waals surface area contributed by atoms with Crippen molar-refractivity contribution < 1.29 is 4.74 Å². The minimum atomic E-state index is -0.106. The van der Waals surface area contributed by atoms with E-state index in [0.717, 1.165) is 11.3 Å². The fraction of sp³-hybridized carbons (Fsp3) is 0.455. The van der Waals surface area contributed by atoms with Gasteiger partial charge in [0.05, 0.1) is 6.10 Å². The van der Waals surface area contributed by atoms with E-state index in [1.54, 1.807) is 0 Å². The maximum absolute atomic E-state index is 5.81. The van der Waals surface area contributed by atoms with Gasteiger partial charge in [-0.1, -0.05) is 12.1 Å². The zero-order valence-corrected chi connectivity index (χ0v) is 8.73. The van der Waals surface area contributed by atoms with Gasteiger partial charge in [0.15, 0.2) is 0 Å². The molecule has 1 rings (SSSR count). The molecule has 0 aliphatic rings. The van der Waals surface area contributed by atoms with Crippen molar-refractivity contribution in [1.82, 2.24) is 0 Å². The normalized spacial score (nSPS) is 12.9. The van der Waals surface area contributed by atoms with Crippen LogP contribution in [0.5, 0.6) is 5.75 Å². The van der Waals surface area contributed by atoms with Crippen LogP contribution in [0.4, 0.5) is 0 Å². The van der Waals surface area contributed by atoms with Crippen molar-refractivity contribution >= 4 is 0 Å². The van der Waals surface area contributed by atoms with E-state index in [1.165, 1.54) is 0 Å². The molecule has 4 N–H and O–H groups in total. The maximum Gasteiger partial charge on any atom is 0.120 e. The second-order valence-corrected chi connectivity index (χ2v) is 3.58. The molecule has 0 bridgehead atoms. The highest BCUT2D eigenvalue weighted by molar-refractivity contribution is 5.30. The van der Waals surface area contributed by atoms with Crippen molar-refractivity contribution in [2.75, 3.05) is 6.54 Å². The Labute approximate surface area is 85.0 Å². The van der Waals surface area contributed by atoms with Gasteiger partial charge in [-0.15, -0.1) is 0 Å². The van der Waals surface area contributed by atoms with Crippen molar-refractivity contribution in [2.45, 2.75) is 26.0 Å². The van der Waals surface area contributed by atoms with Crippen molar-refractivity contribution in [2.24, 2.45) is 11.5 Å². The number of hydrogen-bond acceptors (Lipinski definition) is 3. The van der Waals surface area contributed by atoms with Crippen LogP contribution >= 0.6 is 0 Å². The molecule has 0 aromatic heterocycles. The molecule has 3 nitrogen and oxygen atoms in total. The Hall–Kier alpha value is -1.06. The highest BCUT2D eigenvalue weighted by Crippen LogP contribution is 2.18. The summed E-state index contributed by atoms with van der Waals surface area (Å²) in [6.07, 6.45) is 0.180. The van der Waals surface area contributed by atoms with Gasteiger partial charge in [-0.05, 0) is 31.5 Å². The van der Waals surface area contributed by atoms with Crippen LogP contribution in [0.1, 0.15) is 25.5 Å². The molecule has 0 saturated carbocycles. The topological polar surface area (TPSA) is 61.3 Å². The predicted molar refractivity (Wildman–Crippen MR) is 58.2 cm³/mol. The van der Waals surface area contributed by atoms with Gasteiger partial charge in [0.1, 0.15) is 5.75 Å². The van der Waals surface area contributed by atoms with Gasteiger partial charge in [-0.3, -0.25) is 0 Å². The van der Waals surface area contributed by atoms with E-state index >= 15 is 0 Å². The smallest absolute Gasteiger partial charge is 0.120 e. The van der Waals surface area contributed by atoms with Crippen molar-refractivity contribution in [3.8, 4) is 5.75 Å². The van der Waals surface area contributed by atoms with E-state index < -0.39 is 0 Å². The average Bonchev–Trinajstić information content (AvgIpc) is 2.16. The van der Waals surface area contributed by atoms with E-state index in [-0.39, 0.29) is 12.1 Å². The van der Waals surface area contributed by atoms with Gasteiger partial charge in [0, 0.05) is 12.6 Å². The third-order valence-electron chi connectivity index (χ3n) is 1.91. The van der Waals surface area contributed by atoms with Crippen molar-refractivity contribution in [1.29, 1.82) is 0 Å². The van der Waals surface area contributed by atoms with Gasteiger partial charge in [-0.25, -0.2) is 0 Å². The van der Waals surface area contributed by atoms with Gasteiger partial charge in [0.25, 0.3) is 0 Å². The molecule has 0 unspecified atom stereocenters. The van der Waals surface area contributed by atoms with Crippen LogP contribution in [0.15, 0.2) is 24.3 Å². The summed E-state index contributed by atoms with van der Waals surface area (Å²) >= 11 is 0. The molecule has 78 valence electrons. The molecule has 0 radical (unpaired) electrons. The van der Waals surface area contributed by atoms with Crippen LogP contribution in [-0.4, -0.2) is 12.6 Å². The van der Waals surface area contributed by atoms with E-state index in [2.05, 4.69) is 0 Å². The second kappa shape index (κ2) is 4.98.